The second-order valence-electron chi connectivity index (χ2n) is 4.08. The summed E-state index contributed by atoms with van der Waals surface area (Å²) in [6.07, 6.45) is 0. The van der Waals surface area contributed by atoms with Gasteiger partial charge in [0.05, 0.1) is 21.1 Å². The maximum Gasteiger partial charge on any atom is 0.306 e. The van der Waals surface area contributed by atoms with Crippen molar-refractivity contribution in [1.29, 1.82) is 0 Å². The Morgan fingerprint density at radius 2 is 2.18 bits per heavy atom. The molecule has 0 aliphatic carbocycles. The lowest BCUT2D eigenvalue weighted by atomic mass is 9.97. The summed E-state index contributed by atoms with van der Waals surface area (Å²) in [7, 11) is 0. The topological polar surface area (TPSA) is 50.2 Å². The van der Waals surface area contributed by atoms with Gasteiger partial charge in [-0.2, -0.15) is 0 Å². The van der Waals surface area contributed by atoms with Crippen molar-refractivity contribution in [3.05, 3.63) is 28.2 Å². The number of aromatic nitrogens is 1. The number of carbonyl (C=O) groups is 1. The standard InChI is InChI=1S/C12H12ClNO2S/c1-6(7(2)12(15)16)11-14-9-5-8(13)3-4-10(9)17-11/h3-7H,1-2H3,(H,15,16). The Bertz CT molecular complexity index is 567. The van der Waals surface area contributed by atoms with Crippen LogP contribution in [0.1, 0.15) is 24.8 Å². The van der Waals surface area contributed by atoms with Crippen LogP contribution in [0.5, 0.6) is 0 Å². The zero-order valence-corrected chi connectivity index (χ0v) is 11.0. The van der Waals surface area contributed by atoms with Crippen LogP contribution in [0, 0.1) is 5.92 Å². The van der Waals surface area contributed by atoms with Crippen LogP contribution in [0.15, 0.2) is 18.2 Å². The van der Waals surface area contributed by atoms with Gasteiger partial charge in [-0.1, -0.05) is 25.4 Å². The second-order valence-corrected chi connectivity index (χ2v) is 5.58. The van der Waals surface area contributed by atoms with Crippen LogP contribution in [-0.4, -0.2) is 16.1 Å². The van der Waals surface area contributed by atoms with E-state index >= 15 is 0 Å². The summed E-state index contributed by atoms with van der Waals surface area (Å²) in [5.41, 5.74) is 0.835. The average molecular weight is 270 g/mol. The van der Waals surface area contributed by atoms with Crippen LogP contribution in [-0.2, 0) is 4.79 Å². The van der Waals surface area contributed by atoms with Crippen molar-refractivity contribution >= 4 is 39.1 Å². The van der Waals surface area contributed by atoms with E-state index in [-0.39, 0.29) is 5.92 Å². The summed E-state index contributed by atoms with van der Waals surface area (Å²) in [5, 5.41) is 10.5. The molecule has 0 amide bonds. The van der Waals surface area contributed by atoms with Crippen LogP contribution >= 0.6 is 22.9 Å². The monoisotopic (exact) mass is 269 g/mol. The first-order valence-electron chi connectivity index (χ1n) is 5.28. The fourth-order valence-electron chi connectivity index (χ4n) is 1.54. The number of carboxylic acid groups (broad SMARTS) is 1. The number of rotatable bonds is 3. The quantitative estimate of drug-likeness (QED) is 0.923. The van der Waals surface area contributed by atoms with E-state index in [4.69, 9.17) is 16.7 Å². The van der Waals surface area contributed by atoms with Gasteiger partial charge in [0.2, 0.25) is 0 Å². The number of thiazole rings is 1. The Morgan fingerprint density at radius 3 is 2.82 bits per heavy atom. The number of aliphatic carboxylic acids is 1. The van der Waals surface area contributed by atoms with Gasteiger partial charge in [0, 0.05) is 10.9 Å². The van der Waals surface area contributed by atoms with Crippen molar-refractivity contribution in [2.24, 2.45) is 5.92 Å². The molecule has 17 heavy (non-hydrogen) atoms. The van der Waals surface area contributed by atoms with E-state index in [1.807, 2.05) is 19.1 Å². The Balaban J connectivity index is 2.39. The van der Waals surface area contributed by atoms with E-state index in [9.17, 15) is 4.79 Å². The van der Waals surface area contributed by atoms with Gasteiger partial charge >= 0.3 is 5.97 Å². The molecule has 2 atom stereocenters. The molecule has 0 spiro atoms. The van der Waals surface area contributed by atoms with Crippen molar-refractivity contribution < 1.29 is 9.90 Å². The fourth-order valence-corrected chi connectivity index (χ4v) is 2.81. The van der Waals surface area contributed by atoms with E-state index in [2.05, 4.69) is 4.98 Å². The third-order valence-corrected chi connectivity index (χ3v) is 4.37. The maximum absolute atomic E-state index is 10.9. The molecule has 0 saturated carbocycles. The van der Waals surface area contributed by atoms with Gasteiger partial charge < -0.3 is 5.11 Å². The van der Waals surface area contributed by atoms with Gasteiger partial charge in [-0.15, -0.1) is 11.3 Å². The van der Waals surface area contributed by atoms with Gasteiger partial charge in [-0.05, 0) is 18.2 Å². The molecule has 0 bridgehead atoms. The first-order valence-corrected chi connectivity index (χ1v) is 6.47. The van der Waals surface area contributed by atoms with Gasteiger partial charge in [0.15, 0.2) is 0 Å². The molecule has 90 valence electrons. The van der Waals surface area contributed by atoms with Crippen LogP contribution < -0.4 is 0 Å². The number of benzene rings is 1. The van der Waals surface area contributed by atoms with Crippen LogP contribution in [0.2, 0.25) is 5.02 Å². The number of hydrogen-bond donors (Lipinski definition) is 1. The molecule has 2 unspecified atom stereocenters. The normalized spacial score (nSPS) is 14.8. The number of halogens is 1. The highest BCUT2D eigenvalue weighted by Crippen LogP contribution is 2.32. The second kappa shape index (κ2) is 4.63. The maximum atomic E-state index is 10.9. The smallest absolute Gasteiger partial charge is 0.306 e. The van der Waals surface area contributed by atoms with Gasteiger partial charge in [-0.3, -0.25) is 4.79 Å². The van der Waals surface area contributed by atoms with Gasteiger partial charge in [0.1, 0.15) is 0 Å². The molecule has 0 aliphatic rings. The fraction of sp³-hybridized carbons (Fsp3) is 0.333. The van der Waals surface area contributed by atoms with E-state index in [1.54, 1.807) is 13.0 Å². The minimum atomic E-state index is -0.796. The highest BCUT2D eigenvalue weighted by Gasteiger charge is 2.23. The summed E-state index contributed by atoms with van der Waals surface area (Å²) >= 11 is 7.42. The lowest BCUT2D eigenvalue weighted by Gasteiger charge is -2.12. The molecule has 0 saturated heterocycles. The molecule has 0 aliphatic heterocycles. The lowest BCUT2D eigenvalue weighted by molar-refractivity contribution is -0.141. The van der Waals surface area contributed by atoms with Crippen LogP contribution in [0.25, 0.3) is 10.2 Å². The molecule has 1 heterocycles. The number of carboxylic acids is 1. The molecule has 5 heteroatoms. The Hall–Kier alpha value is -1.13. The highest BCUT2D eigenvalue weighted by atomic mass is 35.5. The van der Waals surface area contributed by atoms with Crippen molar-refractivity contribution in [3.8, 4) is 0 Å². The Labute approximate surface area is 108 Å². The summed E-state index contributed by atoms with van der Waals surface area (Å²) in [4.78, 5) is 15.4. The van der Waals surface area contributed by atoms with E-state index in [0.717, 1.165) is 15.2 Å². The Morgan fingerprint density at radius 1 is 1.47 bits per heavy atom. The van der Waals surface area contributed by atoms with Crippen molar-refractivity contribution in [2.45, 2.75) is 19.8 Å². The largest absolute Gasteiger partial charge is 0.481 e. The summed E-state index contributed by atoms with van der Waals surface area (Å²) in [6, 6.07) is 5.53. The third-order valence-electron chi connectivity index (χ3n) is 2.90. The molecule has 2 aromatic rings. The van der Waals surface area contributed by atoms with E-state index < -0.39 is 11.9 Å². The molecule has 0 radical (unpaired) electrons. The van der Waals surface area contributed by atoms with Crippen LogP contribution in [0.3, 0.4) is 0 Å². The SMILES string of the molecule is CC(C(=O)O)C(C)c1nc2cc(Cl)ccc2s1. The van der Waals surface area contributed by atoms with Crippen molar-refractivity contribution in [3.63, 3.8) is 0 Å². The number of hydrogen-bond acceptors (Lipinski definition) is 3. The first kappa shape index (κ1) is 12.3. The molecule has 1 aromatic carbocycles. The molecular weight excluding hydrogens is 258 g/mol. The number of fused-ring (bicyclic) bond motifs is 1. The summed E-state index contributed by atoms with van der Waals surface area (Å²) in [5.74, 6) is -1.33. The number of nitrogens with zero attached hydrogens (tertiary/aromatic N) is 1. The predicted octanol–water partition coefficient (Wildman–Crippen LogP) is 3.77. The molecule has 1 N–H and O–H groups in total. The molecule has 0 fully saturated rings. The van der Waals surface area contributed by atoms with E-state index in [1.165, 1.54) is 11.3 Å². The molecule has 1 aromatic heterocycles. The summed E-state index contributed by atoms with van der Waals surface area (Å²) < 4.78 is 1.04. The van der Waals surface area contributed by atoms with Gasteiger partial charge in [-0.25, -0.2) is 4.98 Å². The molecular formula is C12H12ClNO2S. The third kappa shape index (κ3) is 2.42. The lowest BCUT2D eigenvalue weighted by Crippen LogP contribution is -2.16. The van der Waals surface area contributed by atoms with Crippen molar-refractivity contribution in [1.82, 2.24) is 4.98 Å². The predicted molar refractivity (Wildman–Crippen MR) is 69.8 cm³/mol. The highest BCUT2D eigenvalue weighted by molar-refractivity contribution is 7.18. The minimum Gasteiger partial charge on any atom is -0.481 e. The average Bonchev–Trinajstić information content (AvgIpc) is 2.69. The zero-order chi connectivity index (χ0) is 12.6. The van der Waals surface area contributed by atoms with E-state index in [0.29, 0.717) is 5.02 Å². The first-order chi connectivity index (χ1) is 7.99. The van der Waals surface area contributed by atoms with Gasteiger partial charge in [0.25, 0.3) is 0 Å². The molecule has 3 nitrogen and oxygen atoms in total. The van der Waals surface area contributed by atoms with Crippen LogP contribution in [0.4, 0.5) is 0 Å². The van der Waals surface area contributed by atoms with Crippen molar-refractivity contribution in [2.75, 3.05) is 0 Å². The minimum absolute atomic E-state index is 0.0938. The Kier molecular flexibility index (Phi) is 3.35. The summed E-state index contributed by atoms with van der Waals surface area (Å²) in [6.45, 7) is 3.59. The zero-order valence-electron chi connectivity index (χ0n) is 9.48. The molecule has 2 rings (SSSR count).